The molecule has 1 amide bonds. The third kappa shape index (κ3) is 3.68. The van der Waals surface area contributed by atoms with Gasteiger partial charge in [-0.25, -0.2) is 5.43 Å². The maximum absolute atomic E-state index is 13.5. The van der Waals surface area contributed by atoms with E-state index in [0.29, 0.717) is 11.6 Å². The number of carbonyl (C=O) groups excluding carboxylic acids is 1. The first-order chi connectivity index (χ1) is 13.2. The molecule has 1 rings (SSSR count). The van der Waals surface area contributed by atoms with Gasteiger partial charge in [0.05, 0.1) is 11.9 Å². The van der Waals surface area contributed by atoms with E-state index in [2.05, 4.69) is 5.10 Å². The number of aromatic nitrogens is 1. The van der Waals surface area contributed by atoms with Gasteiger partial charge in [0.25, 0.3) is 0 Å². The second-order valence-electron chi connectivity index (χ2n) is 5.61. The van der Waals surface area contributed by atoms with Crippen molar-refractivity contribution in [2.45, 2.75) is 35.8 Å². The maximum atomic E-state index is 13.5. The van der Waals surface area contributed by atoms with Crippen molar-refractivity contribution in [2.24, 2.45) is 12.1 Å². The number of halogens is 13. The zero-order valence-corrected chi connectivity index (χ0v) is 14.0. The standard InChI is InChI=1S/C13H8F13N3O/c1-29-4-2-3-6(29)5-27-28-7(30)8(14,15)9(16,17)10(18,19)11(20,21)12(22,23)13(24,25)26/h2-5H,1H3,(H,28,30). The molecule has 1 aromatic rings. The van der Waals surface area contributed by atoms with Crippen molar-refractivity contribution in [3.8, 4) is 0 Å². The molecule has 0 bridgehead atoms. The van der Waals surface area contributed by atoms with Crippen LogP contribution in [0.2, 0.25) is 0 Å². The first-order valence-corrected chi connectivity index (χ1v) is 7.07. The third-order valence-corrected chi connectivity index (χ3v) is 3.57. The first-order valence-electron chi connectivity index (χ1n) is 7.07. The lowest BCUT2D eigenvalue weighted by molar-refractivity contribution is -0.436. The molecular weight excluding hydrogens is 461 g/mol. The summed E-state index contributed by atoms with van der Waals surface area (Å²) in [5.74, 6) is -42.1. The van der Waals surface area contributed by atoms with Gasteiger partial charge in [0.1, 0.15) is 0 Å². The smallest absolute Gasteiger partial charge is 0.350 e. The van der Waals surface area contributed by atoms with Gasteiger partial charge >= 0.3 is 41.7 Å². The molecule has 1 aromatic heterocycles. The van der Waals surface area contributed by atoms with E-state index >= 15 is 0 Å². The van der Waals surface area contributed by atoms with Crippen LogP contribution in [-0.4, -0.2) is 52.5 Å². The lowest BCUT2D eigenvalue weighted by atomic mass is 9.93. The molecule has 0 saturated heterocycles. The number of rotatable bonds is 7. The average molecular weight is 469 g/mol. The number of nitrogens with one attached hydrogen (secondary N) is 1. The van der Waals surface area contributed by atoms with Gasteiger partial charge in [0.15, 0.2) is 0 Å². The molecule has 17 heteroatoms. The molecule has 0 radical (unpaired) electrons. The summed E-state index contributed by atoms with van der Waals surface area (Å²) in [4.78, 5) is 11.1. The van der Waals surface area contributed by atoms with Crippen molar-refractivity contribution in [3.05, 3.63) is 24.0 Å². The number of aryl methyl sites for hydroxylation is 1. The van der Waals surface area contributed by atoms with Crippen LogP contribution in [0.25, 0.3) is 0 Å². The fourth-order valence-electron chi connectivity index (χ4n) is 1.75. The Bertz CT molecular complexity index is 809. The number of hydrogen-bond donors (Lipinski definition) is 1. The highest BCUT2D eigenvalue weighted by Gasteiger charge is 2.91. The van der Waals surface area contributed by atoms with Gasteiger partial charge in [-0.05, 0) is 12.1 Å². The summed E-state index contributed by atoms with van der Waals surface area (Å²) in [5.41, 5.74) is 0.607. The van der Waals surface area contributed by atoms with E-state index in [4.69, 9.17) is 0 Å². The zero-order valence-electron chi connectivity index (χ0n) is 14.0. The molecule has 0 aromatic carbocycles. The molecule has 0 unspecified atom stereocenters. The number of alkyl halides is 13. The van der Waals surface area contributed by atoms with Crippen molar-refractivity contribution in [1.82, 2.24) is 9.99 Å². The second-order valence-corrected chi connectivity index (χ2v) is 5.61. The third-order valence-electron chi connectivity index (χ3n) is 3.57. The Balaban J connectivity index is 3.26. The van der Waals surface area contributed by atoms with Crippen LogP contribution in [0.15, 0.2) is 23.4 Å². The van der Waals surface area contributed by atoms with E-state index in [-0.39, 0.29) is 5.69 Å². The molecule has 0 fully saturated rings. The lowest BCUT2D eigenvalue weighted by Crippen LogP contribution is -2.71. The van der Waals surface area contributed by atoms with E-state index in [0.717, 1.165) is 0 Å². The zero-order chi connectivity index (χ0) is 24.0. The van der Waals surface area contributed by atoms with Crippen molar-refractivity contribution < 1.29 is 61.9 Å². The maximum Gasteiger partial charge on any atom is 0.460 e. The predicted octanol–water partition coefficient (Wildman–Crippen LogP) is 4.21. The van der Waals surface area contributed by atoms with E-state index in [1.54, 1.807) is 0 Å². The van der Waals surface area contributed by atoms with E-state index in [1.807, 2.05) is 0 Å². The van der Waals surface area contributed by atoms with Crippen LogP contribution in [0.1, 0.15) is 5.69 Å². The van der Waals surface area contributed by atoms with Gasteiger partial charge in [0, 0.05) is 13.2 Å². The summed E-state index contributed by atoms with van der Waals surface area (Å²) >= 11 is 0. The first kappa shape index (κ1) is 25.5. The van der Waals surface area contributed by atoms with Gasteiger partial charge in [-0.15, -0.1) is 0 Å². The topological polar surface area (TPSA) is 46.4 Å². The number of hydrogen-bond acceptors (Lipinski definition) is 2. The van der Waals surface area contributed by atoms with Crippen molar-refractivity contribution in [2.75, 3.05) is 0 Å². The van der Waals surface area contributed by atoms with Gasteiger partial charge in [-0.2, -0.15) is 62.2 Å². The highest BCUT2D eigenvalue weighted by atomic mass is 19.4. The summed E-state index contributed by atoms with van der Waals surface area (Å²) < 4.78 is 169. The minimum Gasteiger partial charge on any atom is -0.350 e. The Hall–Kier alpha value is -2.49. The monoisotopic (exact) mass is 469 g/mol. The molecule has 0 atom stereocenters. The number of hydrazone groups is 1. The van der Waals surface area contributed by atoms with Gasteiger partial charge in [-0.1, -0.05) is 0 Å². The fourth-order valence-corrected chi connectivity index (χ4v) is 1.75. The summed E-state index contributed by atoms with van der Waals surface area (Å²) in [5, 5.41) is 2.67. The number of amides is 1. The van der Waals surface area contributed by atoms with Crippen molar-refractivity contribution >= 4 is 12.1 Å². The normalized spacial score (nSPS) is 15.0. The predicted molar refractivity (Wildman–Crippen MR) is 71.9 cm³/mol. The quantitative estimate of drug-likeness (QED) is 0.363. The summed E-state index contributed by atoms with van der Waals surface area (Å²) in [7, 11) is 1.34. The van der Waals surface area contributed by atoms with Crippen LogP contribution in [0.3, 0.4) is 0 Å². The average Bonchev–Trinajstić information content (AvgIpc) is 2.98. The lowest BCUT2D eigenvalue weighted by Gasteiger charge is -2.38. The molecule has 0 saturated carbocycles. The number of nitrogens with zero attached hydrogens (tertiary/aromatic N) is 2. The Labute approximate surface area is 157 Å². The highest BCUT2D eigenvalue weighted by molar-refractivity contribution is 5.86. The van der Waals surface area contributed by atoms with Crippen LogP contribution in [-0.2, 0) is 11.8 Å². The summed E-state index contributed by atoms with van der Waals surface area (Å²) in [6.45, 7) is 0. The Morgan fingerprint density at radius 2 is 1.33 bits per heavy atom. The van der Waals surface area contributed by atoms with Crippen molar-refractivity contribution in [1.29, 1.82) is 0 Å². The molecule has 0 aliphatic rings. The molecular formula is C13H8F13N3O. The van der Waals surface area contributed by atoms with Crippen LogP contribution >= 0.6 is 0 Å². The van der Waals surface area contributed by atoms with Crippen LogP contribution in [0, 0.1) is 0 Å². The molecule has 1 heterocycles. The van der Waals surface area contributed by atoms with Gasteiger partial charge in [0.2, 0.25) is 0 Å². The molecule has 0 aliphatic heterocycles. The van der Waals surface area contributed by atoms with Crippen LogP contribution in [0.4, 0.5) is 57.1 Å². The SMILES string of the molecule is Cn1cccc1C=NNC(=O)C(F)(F)C(F)(F)C(F)(F)C(F)(F)C(F)(F)C(F)(F)F. The van der Waals surface area contributed by atoms with Crippen molar-refractivity contribution in [3.63, 3.8) is 0 Å². The van der Waals surface area contributed by atoms with E-state index in [9.17, 15) is 61.9 Å². The molecule has 0 aliphatic carbocycles. The van der Waals surface area contributed by atoms with E-state index < -0.39 is 41.7 Å². The largest absolute Gasteiger partial charge is 0.460 e. The fraction of sp³-hybridized carbons (Fsp3) is 0.538. The molecule has 0 spiro atoms. The second kappa shape index (κ2) is 7.33. The molecule has 30 heavy (non-hydrogen) atoms. The minimum atomic E-state index is -8.07. The summed E-state index contributed by atoms with van der Waals surface area (Å²) in [6, 6.07) is 2.56. The summed E-state index contributed by atoms with van der Waals surface area (Å²) in [6.07, 6.45) is -5.67. The van der Waals surface area contributed by atoms with Crippen LogP contribution in [0.5, 0.6) is 0 Å². The molecule has 1 N–H and O–H groups in total. The highest BCUT2D eigenvalue weighted by Crippen LogP contribution is 2.60. The Morgan fingerprint density at radius 1 is 0.867 bits per heavy atom. The molecule has 4 nitrogen and oxygen atoms in total. The van der Waals surface area contributed by atoms with Gasteiger partial charge < -0.3 is 4.57 Å². The Morgan fingerprint density at radius 3 is 1.73 bits per heavy atom. The van der Waals surface area contributed by atoms with Crippen LogP contribution < -0.4 is 5.43 Å². The minimum absolute atomic E-state index is 0.0204. The Kier molecular flexibility index (Phi) is 6.24. The number of carbonyl (C=O) groups is 1. The molecule has 172 valence electrons. The van der Waals surface area contributed by atoms with E-state index in [1.165, 1.54) is 29.9 Å². The van der Waals surface area contributed by atoms with Gasteiger partial charge in [-0.3, -0.25) is 4.79 Å².